The van der Waals surface area contributed by atoms with Crippen molar-refractivity contribution in [2.24, 2.45) is 0 Å². The summed E-state index contributed by atoms with van der Waals surface area (Å²) in [6.07, 6.45) is 1.48. The molecule has 0 radical (unpaired) electrons. The number of hydrogen-bond acceptors (Lipinski definition) is 3. The van der Waals surface area contributed by atoms with Crippen LogP contribution < -0.4 is 10.6 Å². The van der Waals surface area contributed by atoms with E-state index in [4.69, 9.17) is 11.6 Å². The summed E-state index contributed by atoms with van der Waals surface area (Å²) < 4.78 is 0.895. The SMILES string of the molecule is CNc1ncc(C(=O)Nc2cccc(Br)c2)cc1Cl. The van der Waals surface area contributed by atoms with Gasteiger partial charge in [0.15, 0.2) is 0 Å². The van der Waals surface area contributed by atoms with Gasteiger partial charge >= 0.3 is 0 Å². The zero-order chi connectivity index (χ0) is 13.8. The molecule has 0 spiro atoms. The van der Waals surface area contributed by atoms with Gasteiger partial charge in [0.05, 0.1) is 10.6 Å². The van der Waals surface area contributed by atoms with Gasteiger partial charge in [-0.15, -0.1) is 0 Å². The third-order valence-corrected chi connectivity index (χ3v) is 3.20. The molecule has 2 N–H and O–H groups in total. The highest BCUT2D eigenvalue weighted by atomic mass is 79.9. The Morgan fingerprint density at radius 1 is 1.37 bits per heavy atom. The number of anilines is 2. The fraction of sp³-hybridized carbons (Fsp3) is 0.0769. The van der Waals surface area contributed by atoms with E-state index >= 15 is 0 Å². The lowest BCUT2D eigenvalue weighted by molar-refractivity contribution is 0.102. The second-order valence-electron chi connectivity index (χ2n) is 3.77. The summed E-state index contributed by atoms with van der Waals surface area (Å²) in [5.74, 6) is 0.288. The van der Waals surface area contributed by atoms with Gasteiger partial charge in [-0.05, 0) is 24.3 Å². The second kappa shape index (κ2) is 6.04. The number of nitrogens with zero attached hydrogens (tertiary/aromatic N) is 1. The van der Waals surface area contributed by atoms with Crippen LogP contribution in [-0.4, -0.2) is 17.9 Å². The molecule has 6 heteroatoms. The summed E-state index contributed by atoms with van der Waals surface area (Å²) in [6, 6.07) is 8.92. The minimum Gasteiger partial charge on any atom is -0.372 e. The maximum absolute atomic E-state index is 12.0. The lowest BCUT2D eigenvalue weighted by atomic mass is 10.2. The average molecular weight is 341 g/mol. The van der Waals surface area contributed by atoms with Crippen LogP contribution in [0, 0.1) is 0 Å². The molecule has 0 saturated carbocycles. The van der Waals surface area contributed by atoms with Gasteiger partial charge < -0.3 is 10.6 Å². The number of nitrogens with one attached hydrogen (secondary N) is 2. The van der Waals surface area contributed by atoms with Crippen molar-refractivity contribution in [3.63, 3.8) is 0 Å². The number of amides is 1. The largest absolute Gasteiger partial charge is 0.372 e. The quantitative estimate of drug-likeness (QED) is 0.894. The number of pyridine rings is 1. The molecule has 19 heavy (non-hydrogen) atoms. The lowest BCUT2D eigenvalue weighted by Gasteiger charge is -2.07. The predicted octanol–water partition coefficient (Wildman–Crippen LogP) is 3.79. The van der Waals surface area contributed by atoms with Gasteiger partial charge in [-0.2, -0.15) is 0 Å². The number of hydrogen-bond donors (Lipinski definition) is 2. The van der Waals surface area contributed by atoms with Gasteiger partial charge in [-0.1, -0.05) is 33.6 Å². The fourth-order valence-corrected chi connectivity index (χ4v) is 2.18. The molecule has 0 aliphatic rings. The number of rotatable bonds is 3. The van der Waals surface area contributed by atoms with Gasteiger partial charge in [-0.3, -0.25) is 4.79 Å². The van der Waals surface area contributed by atoms with E-state index in [0.29, 0.717) is 22.1 Å². The Morgan fingerprint density at radius 3 is 2.79 bits per heavy atom. The van der Waals surface area contributed by atoms with Crippen molar-refractivity contribution in [3.8, 4) is 0 Å². The average Bonchev–Trinajstić information content (AvgIpc) is 2.38. The maximum Gasteiger partial charge on any atom is 0.257 e. The summed E-state index contributed by atoms with van der Waals surface area (Å²) in [5, 5.41) is 6.02. The number of carbonyl (C=O) groups is 1. The molecule has 2 aromatic rings. The van der Waals surface area contributed by atoms with E-state index in [1.54, 1.807) is 19.2 Å². The summed E-state index contributed by atoms with van der Waals surface area (Å²) in [7, 11) is 1.72. The monoisotopic (exact) mass is 339 g/mol. The normalized spacial score (nSPS) is 10.1. The van der Waals surface area contributed by atoms with Crippen LogP contribution in [0.5, 0.6) is 0 Å². The molecule has 4 nitrogen and oxygen atoms in total. The molecule has 0 unspecified atom stereocenters. The highest BCUT2D eigenvalue weighted by Crippen LogP contribution is 2.21. The Labute approximate surface area is 124 Å². The Morgan fingerprint density at radius 2 is 2.16 bits per heavy atom. The molecule has 1 aromatic heterocycles. The molecule has 1 heterocycles. The van der Waals surface area contributed by atoms with Crippen molar-refractivity contribution in [2.75, 3.05) is 17.7 Å². The van der Waals surface area contributed by atoms with Crippen LogP contribution in [0.3, 0.4) is 0 Å². The van der Waals surface area contributed by atoms with Gasteiger partial charge in [0.25, 0.3) is 5.91 Å². The third-order valence-electron chi connectivity index (χ3n) is 2.42. The van der Waals surface area contributed by atoms with E-state index in [0.717, 1.165) is 4.47 Å². The molecule has 1 amide bonds. The van der Waals surface area contributed by atoms with Crippen LogP contribution in [0.2, 0.25) is 5.02 Å². The van der Waals surface area contributed by atoms with Crippen LogP contribution in [0.25, 0.3) is 0 Å². The number of carbonyl (C=O) groups excluding carboxylic acids is 1. The topological polar surface area (TPSA) is 54.0 Å². The zero-order valence-corrected chi connectivity index (χ0v) is 12.4. The molecule has 1 aromatic carbocycles. The molecule has 2 rings (SSSR count). The van der Waals surface area contributed by atoms with Gasteiger partial charge in [0.1, 0.15) is 5.82 Å². The van der Waals surface area contributed by atoms with Crippen LogP contribution in [0.4, 0.5) is 11.5 Å². The summed E-state index contributed by atoms with van der Waals surface area (Å²) in [5.41, 5.74) is 1.11. The van der Waals surface area contributed by atoms with Crippen LogP contribution in [0.1, 0.15) is 10.4 Å². The Kier molecular flexibility index (Phi) is 4.39. The minimum atomic E-state index is -0.254. The molecule has 0 fully saturated rings. The highest BCUT2D eigenvalue weighted by molar-refractivity contribution is 9.10. The molecule has 0 saturated heterocycles. The van der Waals surface area contributed by atoms with Crippen molar-refractivity contribution < 1.29 is 4.79 Å². The van der Waals surface area contributed by atoms with Crippen LogP contribution in [-0.2, 0) is 0 Å². The van der Waals surface area contributed by atoms with Crippen LogP contribution >= 0.6 is 27.5 Å². The standard InChI is InChI=1S/C13H11BrClN3O/c1-16-12-11(15)5-8(7-17-12)13(19)18-10-4-2-3-9(14)6-10/h2-7H,1H3,(H,16,17)(H,18,19). The van der Waals surface area contributed by atoms with E-state index in [9.17, 15) is 4.79 Å². The van der Waals surface area contributed by atoms with E-state index in [1.165, 1.54) is 6.20 Å². The van der Waals surface area contributed by atoms with Crippen LogP contribution in [0.15, 0.2) is 41.0 Å². The summed E-state index contributed by atoms with van der Waals surface area (Å²) >= 11 is 9.34. The smallest absolute Gasteiger partial charge is 0.257 e. The second-order valence-corrected chi connectivity index (χ2v) is 5.09. The first-order chi connectivity index (χ1) is 9.10. The number of aromatic nitrogens is 1. The van der Waals surface area contributed by atoms with Crippen molar-refractivity contribution in [1.29, 1.82) is 0 Å². The molecular formula is C13H11BrClN3O. The lowest BCUT2D eigenvalue weighted by Crippen LogP contribution is -2.12. The van der Waals surface area contributed by atoms with Gasteiger partial charge in [0, 0.05) is 23.4 Å². The van der Waals surface area contributed by atoms with E-state index in [1.807, 2.05) is 18.2 Å². The van der Waals surface area contributed by atoms with Crippen molar-refractivity contribution in [1.82, 2.24) is 4.98 Å². The first kappa shape index (κ1) is 13.8. The molecule has 0 aliphatic heterocycles. The Bertz CT molecular complexity index is 619. The van der Waals surface area contributed by atoms with E-state index in [2.05, 4.69) is 31.5 Å². The minimum absolute atomic E-state index is 0.254. The summed E-state index contributed by atoms with van der Waals surface area (Å²) in [6.45, 7) is 0. The van der Waals surface area contributed by atoms with E-state index < -0.39 is 0 Å². The first-order valence-electron chi connectivity index (χ1n) is 5.50. The van der Waals surface area contributed by atoms with Crippen molar-refractivity contribution >= 4 is 44.9 Å². The molecular weight excluding hydrogens is 330 g/mol. The van der Waals surface area contributed by atoms with Crippen molar-refractivity contribution in [2.45, 2.75) is 0 Å². The zero-order valence-electron chi connectivity index (χ0n) is 10.1. The summed E-state index contributed by atoms with van der Waals surface area (Å²) in [4.78, 5) is 16.1. The molecule has 0 atom stereocenters. The predicted molar refractivity (Wildman–Crippen MR) is 80.9 cm³/mol. The Balaban J connectivity index is 2.18. The van der Waals surface area contributed by atoms with Crippen molar-refractivity contribution in [3.05, 3.63) is 51.6 Å². The molecule has 0 aliphatic carbocycles. The molecule has 0 bridgehead atoms. The van der Waals surface area contributed by atoms with Gasteiger partial charge in [-0.25, -0.2) is 4.98 Å². The Hall–Kier alpha value is -1.59. The third kappa shape index (κ3) is 3.45. The first-order valence-corrected chi connectivity index (χ1v) is 6.67. The molecule has 98 valence electrons. The van der Waals surface area contributed by atoms with Gasteiger partial charge in [0.2, 0.25) is 0 Å². The highest BCUT2D eigenvalue weighted by Gasteiger charge is 2.09. The van der Waals surface area contributed by atoms with E-state index in [-0.39, 0.29) is 5.91 Å². The maximum atomic E-state index is 12.0. The number of benzene rings is 1. The fourth-order valence-electron chi connectivity index (χ4n) is 1.52. The number of halogens is 2.